The zero-order valence-corrected chi connectivity index (χ0v) is 14.2. The molecular weight excluding hydrogens is 342 g/mol. The van der Waals surface area contributed by atoms with Crippen molar-refractivity contribution >= 4 is 17.5 Å². The lowest BCUT2D eigenvalue weighted by molar-refractivity contribution is -0.128. The lowest BCUT2D eigenvalue weighted by Gasteiger charge is -2.18. The molecule has 1 atom stereocenters. The average molecular weight is 360 g/mol. The molecule has 0 saturated carbocycles. The van der Waals surface area contributed by atoms with Crippen LogP contribution in [0.2, 0.25) is 0 Å². The number of amides is 2. The first-order valence-corrected chi connectivity index (χ1v) is 8.13. The Morgan fingerprint density at radius 3 is 2.77 bits per heavy atom. The number of nitrogens with zero attached hydrogens (tertiary/aromatic N) is 1. The molecule has 1 fully saturated rings. The van der Waals surface area contributed by atoms with Crippen LogP contribution in [0.5, 0.6) is 5.75 Å². The second-order valence-electron chi connectivity index (χ2n) is 6.10. The van der Waals surface area contributed by atoms with E-state index in [1.165, 1.54) is 0 Å². The molecule has 2 amide bonds. The number of halogens is 2. The van der Waals surface area contributed by atoms with Crippen molar-refractivity contribution < 1.29 is 23.1 Å². The highest BCUT2D eigenvalue weighted by Crippen LogP contribution is 2.26. The van der Waals surface area contributed by atoms with Crippen LogP contribution < -0.4 is 10.1 Å². The number of benzene rings is 2. The van der Waals surface area contributed by atoms with Gasteiger partial charge in [0.05, 0.1) is 18.7 Å². The maximum Gasteiger partial charge on any atom is 0.229 e. The van der Waals surface area contributed by atoms with Gasteiger partial charge >= 0.3 is 0 Å². The minimum atomic E-state index is -0.853. The van der Waals surface area contributed by atoms with E-state index in [4.69, 9.17) is 4.74 Å². The van der Waals surface area contributed by atoms with E-state index in [9.17, 15) is 18.4 Å². The van der Waals surface area contributed by atoms with Crippen LogP contribution >= 0.6 is 0 Å². The zero-order valence-electron chi connectivity index (χ0n) is 14.2. The first-order chi connectivity index (χ1) is 12.5. The molecule has 1 aliphatic heterocycles. The number of likely N-dealkylation sites (tertiary alicyclic amines) is 1. The Labute approximate surface area is 149 Å². The molecule has 0 spiro atoms. The molecule has 136 valence electrons. The predicted octanol–water partition coefficient (Wildman–Crippen LogP) is 2.96. The molecule has 1 unspecified atom stereocenters. The largest absolute Gasteiger partial charge is 0.496 e. The molecule has 2 aromatic rings. The van der Waals surface area contributed by atoms with Gasteiger partial charge in [0.2, 0.25) is 11.8 Å². The van der Waals surface area contributed by atoms with Crippen LogP contribution in [-0.2, 0) is 16.1 Å². The van der Waals surface area contributed by atoms with Gasteiger partial charge in [-0.25, -0.2) is 8.78 Å². The van der Waals surface area contributed by atoms with Crippen molar-refractivity contribution in [2.45, 2.75) is 13.0 Å². The summed E-state index contributed by atoms with van der Waals surface area (Å²) in [5.41, 5.74) is 0.737. The molecule has 1 aliphatic rings. The molecule has 5 nitrogen and oxygen atoms in total. The van der Waals surface area contributed by atoms with Crippen LogP contribution in [-0.4, -0.2) is 30.4 Å². The fraction of sp³-hybridized carbons (Fsp3) is 0.263. The van der Waals surface area contributed by atoms with Crippen LogP contribution in [0, 0.1) is 17.6 Å². The summed E-state index contributed by atoms with van der Waals surface area (Å²) in [6.07, 6.45) is 0.0454. The molecule has 2 aromatic carbocycles. The molecule has 1 N–H and O–H groups in total. The van der Waals surface area contributed by atoms with Gasteiger partial charge < -0.3 is 15.0 Å². The third-order valence-corrected chi connectivity index (χ3v) is 4.33. The van der Waals surface area contributed by atoms with Crippen LogP contribution in [0.1, 0.15) is 12.0 Å². The van der Waals surface area contributed by atoms with E-state index in [0.717, 1.165) is 17.7 Å². The van der Waals surface area contributed by atoms with Crippen molar-refractivity contribution in [3.8, 4) is 5.75 Å². The van der Waals surface area contributed by atoms with Gasteiger partial charge in [-0.2, -0.15) is 0 Å². The highest BCUT2D eigenvalue weighted by atomic mass is 19.1. The zero-order chi connectivity index (χ0) is 18.7. The van der Waals surface area contributed by atoms with Gasteiger partial charge in [-0.15, -0.1) is 0 Å². The molecule has 0 aliphatic carbocycles. The maximum atomic E-state index is 13.7. The van der Waals surface area contributed by atoms with Gasteiger partial charge in [0.25, 0.3) is 0 Å². The van der Waals surface area contributed by atoms with Gasteiger partial charge in [0, 0.05) is 31.1 Å². The van der Waals surface area contributed by atoms with E-state index in [1.54, 1.807) is 18.1 Å². The van der Waals surface area contributed by atoms with Crippen molar-refractivity contribution in [1.29, 1.82) is 0 Å². The van der Waals surface area contributed by atoms with Gasteiger partial charge in [0.15, 0.2) is 0 Å². The predicted molar refractivity (Wildman–Crippen MR) is 91.5 cm³/mol. The summed E-state index contributed by atoms with van der Waals surface area (Å²) >= 11 is 0. The highest BCUT2D eigenvalue weighted by Gasteiger charge is 2.34. The van der Waals surface area contributed by atoms with E-state index < -0.39 is 23.5 Å². The third kappa shape index (κ3) is 3.82. The van der Waals surface area contributed by atoms with Gasteiger partial charge in [0.1, 0.15) is 17.4 Å². The monoisotopic (exact) mass is 360 g/mol. The van der Waals surface area contributed by atoms with Gasteiger partial charge in [-0.05, 0) is 18.2 Å². The second-order valence-corrected chi connectivity index (χ2v) is 6.10. The summed E-state index contributed by atoms with van der Waals surface area (Å²) in [7, 11) is 1.55. The van der Waals surface area contributed by atoms with Crippen molar-refractivity contribution in [3.63, 3.8) is 0 Å². The van der Waals surface area contributed by atoms with Gasteiger partial charge in [-0.3, -0.25) is 9.59 Å². The molecule has 1 saturated heterocycles. The Bertz CT molecular complexity index is 841. The molecule has 0 bridgehead atoms. The maximum absolute atomic E-state index is 13.7. The first kappa shape index (κ1) is 17.8. The number of carbonyl (C=O) groups excluding carboxylic acids is 2. The first-order valence-electron chi connectivity index (χ1n) is 8.13. The number of ether oxygens (including phenoxy) is 1. The quantitative estimate of drug-likeness (QED) is 0.892. The third-order valence-electron chi connectivity index (χ3n) is 4.33. The fourth-order valence-electron chi connectivity index (χ4n) is 2.97. The summed E-state index contributed by atoms with van der Waals surface area (Å²) in [5, 5.41) is 2.42. The Balaban J connectivity index is 1.66. The Kier molecular flexibility index (Phi) is 5.16. The molecule has 0 radical (unpaired) electrons. The summed E-state index contributed by atoms with van der Waals surface area (Å²) < 4.78 is 31.9. The Hall–Kier alpha value is -2.96. The number of para-hydroxylation sites is 1. The molecule has 7 heteroatoms. The minimum absolute atomic E-state index is 0.0454. The normalized spacial score (nSPS) is 16.7. The Morgan fingerprint density at radius 2 is 2.04 bits per heavy atom. The van der Waals surface area contributed by atoms with Crippen molar-refractivity contribution in [2.75, 3.05) is 19.0 Å². The SMILES string of the molecule is COc1ccccc1CN1CC(C(=O)Nc2ccc(F)cc2F)CC1=O. The van der Waals surface area contributed by atoms with Crippen LogP contribution in [0.25, 0.3) is 0 Å². The van der Waals surface area contributed by atoms with Crippen LogP contribution in [0.4, 0.5) is 14.5 Å². The fourth-order valence-corrected chi connectivity index (χ4v) is 2.97. The van der Waals surface area contributed by atoms with E-state index in [0.29, 0.717) is 18.4 Å². The number of methoxy groups -OCH3 is 1. The highest BCUT2D eigenvalue weighted by molar-refractivity contribution is 5.97. The smallest absolute Gasteiger partial charge is 0.229 e. The Morgan fingerprint density at radius 1 is 1.27 bits per heavy atom. The summed E-state index contributed by atoms with van der Waals surface area (Å²) in [5.74, 6) is -2.13. The number of anilines is 1. The standard InChI is InChI=1S/C19H18F2N2O3/c1-26-17-5-3-2-4-12(17)10-23-11-13(8-18(23)24)19(25)22-16-7-6-14(20)9-15(16)21/h2-7,9,13H,8,10-11H2,1H3,(H,22,25). The minimum Gasteiger partial charge on any atom is -0.496 e. The van der Waals surface area contributed by atoms with E-state index in [-0.39, 0.29) is 24.6 Å². The average Bonchev–Trinajstić information content (AvgIpc) is 2.98. The molecular formula is C19H18F2N2O3. The van der Waals surface area contributed by atoms with E-state index in [1.807, 2.05) is 18.2 Å². The van der Waals surface area contributed by atoms with Crippen LogP contribution in [0.15, 0.2) is 42.5 Å². The number of hydrogen-bond acceptors (Lipinski definition) is 3. The van der Waals surface area contributed by atoms with E-state index in [2.05, 4.69) is 5.32 Å². The molecule has 3 rings (SSSR count). The summed E-state index contributed by atoms with van der Waals surface area (Å²) in [6.45, 7) is 0.559. The topological polar surface area (TPSA) is 58.6 Å². The molecule has 26 heavy (non-hydrogen) atoms. The van der Waals surface area contributed by atoms with Crippen molar-refractivity contribution in [3.05, 3.63) is 59.7 Å². The van der Waals surface area contributed by atoms with Crippen molar-refractivity contribution in [1.82, 2.24) is 4.90 Å². The number of nitrogens with one attached hydrogen (secondary N) is 1. The second kappa shape index (κ2) is 7.51. The molecule has 0 aromatic heterocycles. The lowest BCUT2D eigenvalue weighted by atomic mass is 10.1. The summed E-state index contributed by atoms with van der Waals surface area (Å²) in [6, 6.07) is 10.3. The van der Waals surface area contributed by atoms with Crippen LogP contribution in [0.3, 0.4) is 0 Å². The number of carbonyl (C=O) groups is 2. The summed E-state index contributed by atoms with van der Waals surface area (Å²) in [4.78, 5) is 26.2. The van der Waals surface area contributed by atoms with Crippen molar-refractivity contribution in [2.24, 2.45) is 5.92 Å². The molecule has 1 heterocycles. The van der Waals surface area contributed by atoms with E-state index >= 15 is 0 Å². The number of hydrogen-bond donors (Lipinski definition) is 1. The lowest BCUT2D eigenvalue weighted by Crippen LogP contribution is -2.28. The number of rotatable bonds is 5. The van der Waals surface area contributed by atoms with Gasteiger partial charge in [-0.1, -0.05) is 18.2 Å².